The van der Waals surface area contributed by atoms with E-state index in [-0.39, 0.29) is 5.75 Å². The van der Waals surface area contributed by atoms with Crippen LogP contribution in [0.4, 0.5) is 0 Å². The second-order valence-electron chi connectivity index (χ2n) is 6.29. The van der Waals surface area contributed by atoms with Crippen LogP contribution in [-0.4, -0.2) is 33.4 Å². The third-order valence-corrected chi connectivity index (χ3v) is 5.03. The van der Waals surface area contributed by atoms with E-state index in [9.17, 15) is 5.11 Å². The van der Waals surface area contributed by atoms with Crippen molar-refractivity contribution in [3.63, 3.8) is 0 Å². The first-order valence-electron chi connectivity index (χ1n) is 7.67. The lowest BCUT2D eigenvalue weighted by Gasteiger charge is -2.02. The number of para-hydroxylation sites is 1. The molecule has 3 atom stereocenters. The molecule has 3 N–H and O–H groups in total. The topological polar surface area (TPSA) is 73.8 Å². The van der Waals surface area contributed by atoms with E-state index in [4.69, 9.17) is 0 Å². The van der Waals surface area contributed by atoms with Crippen LogP contribution >= 0.6 is 0 Å². The number of phenols is 1. The van der Waals surface area contributed by atoms with Crippen molar-refractivity contribution in [2.24, 2.45) is 11.8 Å². The Kier molecular flexibility index (Phi) is 2.38. The van der Waals surface area contributed by atoms with Gasteiger partial charge >= 0.3 is 0 Å². The molecular weight excluding hydrogens is 276 g/mol. The van der Waals surface area contributed by atoms with Gasteiger partial charge in [0.1, 0.15) is 5.75 Å². The second-order valence-corrected chi connectivity index (χ2v) is 6.29. The normalized spacial score (nSPS) is 26.3. The predicted octanol–water partition coefficient (Wildman–Crippen LogP) is 2.26. The molecule has 2 aliphatic rings. The van der Waals surface area contributed by atoms with Crippen LogP contribution in [-0.2, 0) is 0 Å². The summed E-state index contributed by atoms with van der Waals surface area (Å²) in [6.45, 7) is 2.25. The molecule has 1 saturated heterocycles. The first-order chi connectivity index (χ1) is 10.8. The number of piperidine rings is 1. The van der Waals surface area contributed by atoms with E-state index >= 15 is 0 Å². The summed E-state index contributed by atoms with van der Waals surface area (Å²) in [6.07, 6.45) is 0. The Morgan fingerprint density at radius 1 is 1.05 bits per heavy atom. The van der Waals surface area contributed by atoms with E-state index in [0.29, 0.717) is 17.2 Å². The van der Waals surface area contributed by atoms with E-state index in [1.807, 2.05) is 18.2 Å². The van der Waals surface area contributed by atoms with Gasteiger partial charge in [-0.05, 0) is 49.2 Å². The average molecular weight is 292 g/mol. The summed E-state index contributed by atoms with van der Waals surface area (Å²) in [6, 6.07) is 11.4. The predicted molar refractivity (Wildman–Crippen MR) is 83.6 cm³/mol. The number of benzene rings is 1. The van der Waals surface area contributed by atoms with Crippen molar-refractivity contribution in [1.29, 1.82) is 0 Å². The van der Waals surface area contributed by atoms with Crippen molar-refractivity contribution in [3.8, 4) is 17.0 Å². The number of hydrogen-bond donors (Lipinski definition) is 3. The second kappa shape index (κ2) is 4.30. The highest BCUT2D eigenvalue weighted by atomic mass is 16.3. The Morgan fingerprint density at radius 2 is 1.86 bits per heavy atom. The molecule has 110 valence electrons. The van der Waals surface area contributed by atoms with Gasteiger partial charge in [0.15, 0.2) is 5.65 Å². The molecule has 0 radical (unpaired) electrons. The molecule has 0 amide bonds. The fourth-order valence-electron chi connectivity index (χ4n) is 3.83. The molecule has 1 aliphatic heterocycles. The van der Waals surface area contributed by atoms with Crippen LogP contribution in [0.5, 0.6) is 5.75 Å². The van der Waals surface area contributed by atoms with Gasteiger partial charge in [-0.15, -0.1) is 10.2 Å². The summed E-state index contributed by atoms with van der Waals surface area (Å²) in [7, 11) is 0. The van der Waals surface area contributed by atoms with E-state index < -0.39 is 0 Å². The number of aromatic amines is 1. The molecule has 0 bridgehead atoms. The number of rotatable bonds is 2. The van der Waals surface area contributed by atoms with Crippen LogP contribution < -0.4 is 5.32 Å². The smallest absolute Gasteiger partial charge is 0.160 e. The van der Waals surface area contributed by atoms with Crippen molar-refractivity contribution >= 4 is 11.0 Å². The highest BCUT2D eigenvalue weighted by molar-refractivity contribution is 5.81. The van der Waals surface area contributed by atoms with E-state index in [2.05, 4.69) is 26.6 Å². The highest BCUT2D eigenvalue weighted by Gasteiger charge is 2.54. The zero-order chi connectivity index (χ0) is 14.7. The van der Waals surface area contributed by atoms with Gasteiger partial charge in [0.25, 0.3) is 0 Å². The third-order valence-electron chi connectivity index (χ3n) is 5.03. The molecule has 3 heterocycles. The molecule has 5 heteroatoms. The molecular formula is C17H16N4O. The largest absolute Gasteiger partial charge is 0.507 e. The third kappa shape index (κ3) is 1.69. The van der Waals surface area contributed by atoms with Crippen molar-refractivity contribution < 1.29 is 5.11 Å². The first kappa shape index (κ1) is 12.2. The number of nitrogens with zero attached hydrogens (tertiary/aromatic N) is 2. The minimum Gasteiger partial charge on any atom is -0.507 e. The number of fused-ring (bicyclic) bond motifs is 2. The minimum atomic E-state index is 0.231. The maximum Gasteiger partial charge on any atom is 0.160 e. The standard InChI is InChI=1S/C17H16N4O/c22-15-4-2-1-3-10(15)13-5-9-6-14(19-17(9)21-20-13)16-11-7-18-8-12(11)16/h1-6,11-12,16,18,22H,7-8H2,(H,19,21)/t11-,12+,16?. The number of aromatic hydroxyl groups is 1. The fraction of sp³-hybridized carbons (Fsp3) is 0.294. The quantitative estimate of drug-likeness (QED) is 0.677. The van der Waals surface area contributed by atoms with Crippen LogP contribution in [0.1, 0.15) is 11.6 Å². The Morgan fingerprint density at radius 3 is 2.68 bits per heavy atom. The van der Waals surface area contributed by atoms with Gasteiger partial charge in [-0.1, -0.05) is 12.1 Å². The summed E-state index contributed by atoms with van der Waals surface area (Å²) in [5.41, 5.74) is 3.52. The highest BCUT2D eigenvalue weighted by Crippen LogP contribution is 2.55. The van der Waals surface area contributed by atoms with Crippen LogP contribution in [0, 0.1) is 11.8 Å². The van der Waals surface area contributed by atoms with Crippen LogP contribution in [0.3, 0.4) is 0 Å². The molecule has 5 rings (SSSR count). The lowest BCUT2D eigenvalue weighted by atomic mass is 10.1. The molecule has 3 aromatic rings. The summed E-state index contributed by atoms with van der Waals surface area (Å²) >= 11 is 0. The van der Waals surface area contributed by atoms with Gasteiger partial charge in [0, 0.05) is 22.6 Å². The molecule has 1 aliphatic carbocycles. The van der Waals surface area contributed by atoms with Crippen molar-refractivity contribution in [3.05, 3.63) is 42.1 Å². The Bertz CT molecular complexity index is 862. The molecule has 2 aromatic heterocycles. The summed E-state index contributed by atoms with van der Waals surface area (Å²) < 4.78 is 0. The monoisotopic (exact) mass is 292 g/mol. The summed E-state index contributed by atoms with van der Waals surface area (Å²) in [4.78, 5) is 3.42. The van der Waals surface area contributed by atoms with E-state index in [1.54, 1.807) is 12.1 Å². The lowest BCUT2D eigenvalue weighted by Crippen LogP contribution is -2.14. The van der Waals surface area contributed by atoms with Crippen LogP contribution in [0.15, 0.2) is 36.4 Å². The van der Waals surface area contributed by atoms with Gasteiger partial charge in [-0.2, -0.15) is 0 Å². The van der Waals surface area contributed by atoms with Gasteiger partial charge in [0.2, 0.25) is 0 Å². The Labute approximate surface area is 127 Å². The van der Waals surface area contributed by atoms with Crippen LogP contribution in [0.2, 0.25) is 0 Å². The maximum absolute atomic E-state index is 9.97. The van der Waals surface area contributed by atoms with Gasteiger partial charge < -0.3 is 15.4 Å². The first-order valence-corrected chi connectivity index (χ1v) is 7.67. The summed E-state index contributed by atoms with van der Waals surface area (Å²) in [5, 5.41) is 23.0. The molecule has 5 nitrogen and oxygen atoms in total. The van der Waals surface area contributed by atoms with Crippen molar-refractivity contribution in [1.82, 2.24) is 20.5 Å². The summed E-state index contributed by atoms with van der Waals surface area (Å²) in [5.74, 6) is 2.43. The number of hydrogen-bond acceptors (Lipinski definition) is 4. The van der Waals surface area contributed by atoms with Gasteiger partial charge in [-0.3, -0.25) is 0 Å². The van der Waals surface area contributed by atoms with E-state index in [1.165, 1.54) is 5.69 Å². The average Bonchev–Trinajstić information content (AvgIpc) is 2.91. The minimum absolute atomic E-state index is 0.231. The van der Waals surface area contributed by atoms with Gasteiger partial charge in [-0.25, -0.2) is 0 Å². The number of nitrogens with one attached hydrogen (secondary N) is 2. The van der Waals surface area contributed by atoms with Crippen LogP contribution in [0.25, 0.3) is 22.3 Å². The molecule has 1 aromatic carbocycles. The fourth-order valence-corrected chi connectivity index (χ4v) is 3.83. The van der Waals surface area contributed by atoms with Crippen molar-refractivity contribution in [2.45, 2.75) is 5.92 Å². The Hall–Kier alpha value is -2.40. The zero-order valence-corrected chi connectivity index (χ0v) is 12.0. The maximum atomic E-state index is 9.97. The number of phenolic OH excluding ortho intramolecular Hbond substituents is 1. The molecule has 1 saturated carbocycles. The molecule has 2 fully saturated rings. The lowest BCUT2D eigenvalue weighted by molar-refractivity contribution is 0.477. The SMILES string of the molecule is Oc1ccccc1-c1cc2cc(C3[C@H]4CNC[C@@H]34)[nH]c2nn1. The number of aromatic nitrogens is 3. The van der Waals surface area contributed by atoms with E-state index in [0.717, 1.165) is 36.0 Å². The molecule has 0 spiro atoms. The molecule has 1 unspecified atom stereocenters. The number of H-pyrrole nitrogens is 1. The zero-order valence-electron chi connectivity index (χ0n) is 12.0. The van der Waals surface area contributed by atoms with Gasteiger partial charge in [0.05, 0.1) is 5.69 Å². The van der Waals surface area contributed by atoms with Crippen molar-refractivity contribution in [2.75, 3.05) is 13.1 Å². The molecule has 22 heavy (non-hydrogen) atoms. The Balaban J connectivity index is 1.55.